The molecule has 6 nitrogen and oxygen atoms in total. The highest BCUT2D eigenvalue weighted by Crippen LogP contribution is 2.37. The summed E-state index contributed by atoms with van der Waals surface area (Å²) in [6.45, 7) is 0.470. The number of nitrogens with zero attached hydrogens (tertiary/aromatic N) is 2. The fourth-order valence-electron chi connectivity index (χ4n) is 3.64. The summed E-state index contributed by atoms with van der Waals surface area (Å²) < 4.78 is 27.1. The van der Waals surface area contributed by atoms with Crippen molar-refractivity contribution < 1.29 is 18.4 Å². The van der Waals surface area contributed by atoms with Gasteiger partial charge in [-0.1, -0.05) is 0 Å². The van der Waals surface area contributed by atoms with Crippen molar-refractivity contribution in [1.82, 2.24) is 15.2 Å². The van der Waals surface area contributed by atoms with Crippen molar-refractivity contribution in [3.8, 4) is 0 Å². The third-order valence-electron chi connectivity index (χ3n) is 5.01. The number of nitrogen functional groups attached to an aromatic ring is 1. The van der Waals surface area contributed by atoms with Crippen LogP contribution >= 0.6 is 11.3 Å². The summed E-state index contributed by atoms with van der Waals surface area (Å²) in [4.78, 5) is 32.1. The topological polar surface area (TPSA) is 88.3 Å². The molecule has 9 heteroatoms. The number of halogens is 2. The molecule has 1 aromatic carbocycles. The van der Waals surface area contributed by atoms with Crippen LogP contribution in [-0.2, 0) is 0 Å². The monoisotopic (exact) mass is 416 g/mol. The fraction of sp³-hybridized carbons (Fsp3) is 0.250. The summed E-state index contributed by atoms with van der Waals surface area (Å²) in [6, 6.07) is 6.06. The molecular formula is C20H18F2N4O2S. The number of amides is 2. The number of nitrogens with two attached hydrogens (primary N) is 1. The molecule has 1 aliphatic rings. The molecule has 2 aromatic heterocycles. The van der Waals surface area contributed by atoms with Gasteiger partial charge in [-0.05, 0) is 37.1 Å². The van der Waals surface area contributed by atoms with Crippen molar-refractivity contribution in [3.05, 3.63) is 58.1 Å². The summed E-state index contributed by atoms with van der Waals surface area (Å²) in [5, 5.41) is 3.23. The Morgan fingerprint density at radius 3 is 2.66 bits per heavy atom. The van der Waals surface area contributed by atoms with Gasteiger partial charge in [0.05, 0.1) is 17.4 Å². The van der Waals surface area contributed by atoms with Crippen molar-refractivity contribution >= 4 is 39.1 Å². The molecule has 0 radical (unpaired) electrons. The number of nitrogens with one attached hydrogen (secondary N) is 1. The number of rotatable bonds is 3. The van der Waals surface area contributed by atoms with Gasteiger partial charge in [0.15, 0.2) is 0 Å². The first kappa shape index (κ1) is 19.3. The van der Waals surface area contributed by atoms with Gasteiger partial charge in [0.25, 0.3) is 11.8 Å². The molecule has 1 saturated heterocycles. The van der Waals surface area contributed by atoms with E-state index in [0.717, 1.165) is 24.6 Å². The Morgan fingerprint density at radius 2 is 1.97 bits per heavy atom. The minimum absolute atomic E-state index is 0.0299. The molecule has 29 heavy (non-hydrogen) atoms. The van der Waals surface area contributed by atoms with Gasteiger partial charge < -0.3 is 16.0 Å². The predicted octanol–water partition coefficient (Wildman–Crippen LogP) is 3.49. The Labute approximate surface area is 169 Å². The van der Waals surface area contributed by atoms with Gasteiger partial charge in [0.2, 0.25) is 0 Å². The lowest BCUT2D eigenvalue weighted by atomic mass is 10.1. The lowest BCUT2D eigenvalue weighted by Gasteiger charge is -2.24. The molecule has 0 unspecified atom stereocenters. The third kappa shape index (κ3) is 3.42. The van der Waals surface area contributed by atoms with E-state index in [2.05, 4.69) is 10.3 Å². The highest BCUT2D eigenvalue weighted by molar-refractivity contribution is 7.21. The van der Waals surface area contributed by atoms with Crippen LogP contribution in [-0.4, -0.2) is 35.3 Å². The Kier molecular flexibility index (Phi) is 4.91. The summed E-state index contributed by atoms with van der Waals surface area (Å²) in [5.74, 6) is -2.30. The normalized spacial score (nSPS) is 16.4. The maximum absolute atomic E-state index is 13.5. The number of benzene rings is 1. The van der Waals surface area contributed by atoms with Crippen LogP contribution in [0.4, 0.5) is 14.5 Å². The first-order valence-corrected chi connectivity index (χ1v) is 9.88. The van der Waals surface area contributed by atoms with Gasteiger partial charge in [-0.3, -0.25) is 9.59 Å². The lowest BCUT2D eigenvalue weighted by molar-refractivity contribution is 0.0732. The van der Waals surface area contributed by atoms with Crippen LogP contribution in [0.2, 0.25) is 0 Å². The van der Waals surface area contributed by atoms with Crippen LogP contribution in [0, 0.1) is 11.6 Å². The van der Waals surface area contributed by atoms with E-state index in [1.54, 1.807) is 17.0 Å². The number of anilines is 1. The van der Waals surface area contributed by atoms with Gasteiger partial charge >= 0.3 is 0 Å². The van der Waals surface area contributed by atoms with E-state index in [-0.39, 0.29) is 17.5 Å². The number of fused-ring (bicyclic) bond motifs is 1. The number of carbonyl (C=O) groups excluding carboxylic acids is 2. The zero-order chi connectivity index (χ0) is 20.7. The summed E-state index contributed by atoms with van der Waals surface area (Å²) in [7, 11) is 1.53. The molecule has 0 bridgehead atoms. The number of carbonyl (C=O) groups is 2. The van der Waals surface area contributed by atoms with Crippen LogP contribution < -0.4 is 11.1 Å². The number of hydrogen-bond donors (Lipinski definition) is 2. The van der Waals surface area contributed by atoms with E-state index < -0.39 is 17.5 Å². The van der Waals surface area contributed by atoms with E-state index in [0.29, 0.717) is 39.4 Å². The van der Waals surface area contributed by atoms with Crippen LogP contribution in [0.15, 0.2) is 30.3 Å². The largest absolute Gasteiger partial charge is 0.397 e. The lowest BCUT2D eigenvalue weighted by Crippen LogP contribution is -2.31. The maximum atomic E-state index is 13.5. The van der Waals surface area contributed by atoms with Gasteiger partial charge in [-0.15, -0.1) is 11.3 Å². The summed E-state index contributed by atoms with van der Waals surface area (Å²) in [6.07, 6.45) is 1.44. The average Bonchev–Trinajstić information content (AvgIpc) is 3.31. The number of pyridine rings is 1. The van der Waals surface area contributed by atoms with Gasteiger partial charge in [-0.2, -0.15) is 0 Å². The van der Waals surface area contributed by atoms with Crippen LogP contribution in [0.25, 0.3) is 10.2 Å². The molecular weight excluding hydrogens is 398 g/mol. The van der Waals surface area contributed by atoms with Crippen molar-refractivity contribution in [2.45, 2.75) is 18.9 Å². The zero-order valence-corrected chi connectivity index (χ0v) is 16.4. The van der Waals surface area contributed by atoms with E-state index in [1.807, 2.05) is 0 Å². The average molecular weight is 416 g/mol. The van der Waals surface area contributed by atoms with Crippen molar-refractivity contribution in [1.29, 1.82) is 0 Å². The molecule has 3 N–H and O–H groups in total. The van der Waals surface area contributed by atoms with Gasteiger partial charge in [-0.25, -0.2) is 13.8 Å². The molecule has 1 fully saturated rings. The molecule has 2 amide bonds. The fourth-order valence-corrected chi connectivity index (χ4v) is 4.69. The maximum Gasteiger partial charge on any atom is 0.263 e. The second-order valence-corrected chi connectivity index (χ2v) is 7.83. The highest BCUT2D eigenvalue weighted by Gasteiger charge is 2.32. The van der Waals surface area contributed by atoms with Crippen LogP contribution in [0.3, 0.4) is 0 Å². The second-order valence-electron chi connectivity index (χ2n) is 6.83. The first-order valence-electron chi connectivity index (χ1n) is 9.07. The smallest absolute Gasteiger partial charge is 0.263 e. The van der Waals surface area contributed by atoms with Crippen LogP contribution in [0.5, 0.6) is 0 Å². The summed E-state index contributed by atoms with van der Waals surface area (Å²) in [5.41, 5.74) is 7.07. The predicted molar refractivity (Wildman–Crippen MR) is 107 cm³/mol. The molecule has 1 atom stereocenters. The van der Waals surface area contributed by atoms with E-state index in [4.69, 9.17) is 5.73 Å². The SMILES string of the molecule is CNC(=O)c1sc2nc([C@@H]3CCCN3C(=O)c3cc(F)cc(F)c3)ccc2c1N. The molecule has 3 aromatic rings. The van der Waals surface area contributed by atoms with E-state index in [1.165, 1.54) is 18.4 Å². The summed E-state index contributed by atoms with van der Waals surface area (Å²) >= 11 is 1.19. The minimum atomic E-state index is -0.792. The van der Waals surface area contributed by atoms with Crippen molar-refractivity contribution in [2.75, 3.05) is 19.3 Å². The van der Waals surface area contributed by atoms with Gasteiger partial charge in [0, 0.05) is 30.6 Å². The minimum Gasteiger partial charge on any atom is -0.397 e. The second kappa shape index (κ2) is 7.40. The quantitative estimate of drug-likeness (QED) is 0.684. The van der Waals surface area contributed by atoms with E-state index in [9.17, 15) is 18.4 Å². The Balaban J connectivity index is 1.68. The molecule has 4 rings (SSSR count). The standard InChI is InChI=1S/C20H18F2N4O2S/c1-24-18(27)17-16(23)13-4-5-14(25-19(13)29-17)15-3-2-6-26(15)20(28)10-7-11(21)9-12(22)8-10/h4-5,7-9,15H,2-3,6,23H2,1H3,(H,24,27)/t15-/m0/s1. The molecule has 1 aliphatic heterocycles. The Hall–Kier alpha value is -3.07. The zero-order valence-electron chi connectivity index (χ0n) is 15.5. The van der Waals surface area contributed by atoms with Gasteiger partial charge in [0.1, 0.15) is 21.3 Å². The molecule has 150 valence electrons. The number of thiophene rings is 1. The Morgan fingerprint density at radius 1 is 1.24 bits per heavy atom. The van der Waals surface area contributed by atoms with Crippen LogP contribution in [0.1, 0.15) is 44.6 Å². The molecule has 0 saturated carbocycles. The number of likely N-dealkylation sites (tertiary alicyclic amines) is 1. The molecule has 0 spiro atoms. The van der Waals surface area contributed by atoms with Crippen molar-refractivity contribution in [3.63, 3.8) is 0 Å². The molecule has 3 heterocycles. The molecule has 0 aliphatic carbocycles. The van der Waals surface area contributed by atoms with Crippen molar-refractivity contribution in [2.24, 2.45) is 0 Å². The number of hydrogen-bond acceptors (Lipinski definition) is 5. The first-order chi connectivity index (χ1) is 13.9. The Bertz CT molecular complexity index is 1110. The highest BCUT2D eigenvalue weighted by atomic mass is 32.1. The third-order valence-corrected chi connectivity index (χ3v) is 6.13. The van der Waals surface area contributed by atoms with E-state index >= 15 is 0 Å². The number of aromatic nitrogens is 1.